The fourth-order valence-corrected chi connectivity index (χ4v) is 2.99. The van der Waals surface area contributed by atoms with Crippen LogP contribution in [0.1, 0.15) is 30.3 Å². The molecule has 0 aliphatic heterocycles. The van der Waals surface area contributed by atoms with E-state index < -0.39 is 0 Å². The molecule has 1 heterocycles. The van der Waals surface area contributed by atoms with Crippen LogP contribution in [-0.4, -0.2) is 18.6 Å². The van der Waals surface area contributed by atoms with Gasteiger partial charge in [0.15, 0.2) is 0 Å². The Morgan fingerprint density at radius 2 is 2.00 bits per heavy atom. The number of hydrogen-bond acceptors (Lipinski definition) is 4. The van der Waals surface area contributed by atoms with E-state index in [-0.39, 0.29) is 0 Å². The molecule has 0 saturated carbocycles. The summed E-state index contributed by atoms with van der Waals surface area (Å²) in [5, 5.41) is 4.56. The molecule has 1 aromatic carbocycles. The van der Waals surface area contributed by atoms with E-state index in [1.54, 1.807) is 18.4 Å². The van der Waals surface area contributed by atoms with Crippen molar-refractivity contribution < 1.29 is 4.74 Å². The highest BCUT2D eigenvalue weighted by Crippen LogP contribution is 2.29. The van der Waals surface area contributed by atoms with Crippen LogP contribution in [0.25, 0.3) is 10.6 Å². The Hall–Kier alpha value is -1.39. The quantitative estimate of drug-likeness (QED) is 0.782. The molecule has 0 radical (unpaired) electrons. The van der Waals surface area contributed by atoms with Crippen molar-refractivity contribution in [2.45, 2.75) is 33.2 Å². The summed E-state index contributed by atoms with van der Waals surface area (Å²) in [7, 11) is 1.68. The number of aryl methyl sites for hydroxylation is 1. The van der Waals surface area contributed by atoms with Crippen LogP contribution in [0.15, 0.2) is 24.3 Å². The molecule has 4 heteroatoms. The largest absolute Gasteiger partial charge is 0.497 e. The third kappa shape index (κ3) is 3.81. The smallest absolute Gasteiger partial charge is 0.123 e. The lowest BCUT2D eigenvalue weighted by atomic mass is 10.2. The van der Waals surface area contributed by atoms with Crippen LogP contribution in [0, 0.1) is 6.92 Å². The molecule has 0 aliphatic carbocycles. The number of ether oxygens (including phenoxy) is 1. The predicted octanol–water partition coefficient (Wildman–Crippen LogP) is 4.02. The van der Waals surface area contributed by atoms with Gasteiger partial charge in [0.2, 0.25) is 0 Å². The molecule has 3 nitrogen and oxygen atoms in total. The molecule has 0 saturated heterocycles. The molecule has 0 fully saturated rings. The van der Waals surface area contributed by atoms with Gasteiger partial charge in [-0.15, -0.1) is 11.3 Å². The average Bonchev–Trinajstić information content (AvgIpc) is 2.85. The van der Waals surface area contributed by atoms with Crippen LogP contribution < -0.4 is 10.1 Å². The maximum atomic E-state index is 5.18. The number of hydrogen-bond donors (Lipinski definition) is 1. The number of rotatable bonds is 7. The summed E-state index contributed by atoms with van der Waals surface area (Å²) >= 11 is 1.77. The van der Waals surface area contributed by atoms with Crippen molar-refractivity contribution in [3.8, 4) is 16.3 Å². The Kier molecular flexibility index (Phi) is 5.56. The van der Waals surface area contributed by atoms with Crippen molar-refractivity contribution in [2.75, 3.05) is 13.7 Å². The molecule has 1 N–H and O–H groups in total. The second-order valence-electron chi connectivity index (χ2n) is 4.79. The van der Waals surface area contributed by atoms with Gasteiger partial charge in [0, 0.05) is 17.0 Å². The SMILES string of the molecule is CCCCNCc1sc(-c2ccc(OC)cc2)nc1C. The van der Waals surface area contributed by atoms with E-state index in [0.717, 1.165) is 35.1 Å². The first-order chi connectivity index (χ1) is 9.74. The number of nitrogens with one attached hydrogen (secondary N) is 1. The van der Waals surface area contributed by atoms with E-state index in [2.05, 4.69) is 36.3 Å². The minimum Gasteiger partial charge on any atom is -0.497 e. The number of unbranched alkanes of at least 4 members (excludes halogenated alkanes) is 1. The first-order valence-corrected chi connectivity index (χ1v) is 7.87. The van der Waals surface area contributed by atoms with E-state index in [9.17, 15) is 0 Å². The Balaban J connectivity index is 2.05. The van der Waals surface area contributed by atoms with Gasteiger partial charge in [-0.2, -0.15) is 0 Å². The summed E-state index contributed by atoms with van der Waals surface area (Å²) in [6, 6.07) is 8.08. The Morgan fingerprint density at radius 3 is 2.65 bits per heavy atom. The van der Waals surface area contributed by atoms with Gasteiger partial charge in [0.25, 0.3) is 0 Å². The van der Waals surface area contributed by atoms with Crippen molar-refractivity contribution >= 4 is 11.3 Å². The highest BCUT2D eigenvalue weighted by atomic mass is 32.1. The highest BCUT2D eigenvalue weighted by molar-refractivity contribution is 7.15. The number of aromatic nitrogens is 1. The van der Waals surface area contributed by atoms with Gasteiger partial charge in [-0.05, 0) is 44.2 Å². The van der Waals surface area contributed by atoms with Gasteiger partial charge >= 0.3 is 0 Å². The Bertz CT molecular complexity index is 534. The van der Waals surface area contributed by atoms with E-state index in [4.69, 9.17) is 4.74 Å². The van der Waals surface area contributed by atoms with Crippen LogP contribution in [0.4, 0.5) is 0 Å². The topological polar surface area (TPSA) is 34.1 Å². The summed E-state index contributed by atoms with van der Waals surface area (Å²) in [5.74, 6) is 0.878. The third-order valence-corrected chi connectivity index (χ3v) is 4.43. The number of nitrogens with zero attached hydrogens (tertiary/aromatic N) is 1. The van der Waals surface area contributed by atoms with Crippen molar-refractivity contribution in [1.82, 2.24) is 10.3 Å². The van der Waals surface area contributed by atoms with Gasteiger partial charge in [0.1, 0.15) is 10.8 Å². The van der Waals surface area contributed by atoms with E-state index >= 15 is 0 Å². The Morgan fingerprint density at radius 1 is 1.25 bits per heavy atom. The lowest BCUT2D eigenvalue weighted by molar-refractivity contribution is 0.415. The molecule has 0 spiro atoms. The number of methoxy groups -OCH3 is 1. The van der Waals surface area contributed by atoms with Crippen LogP contribution in [-0.2, 0) is 6.54 Å². The lowest BCUT2D eigenvalue weighted by Crippen LogP contribution is -2.14. The molecule has 2 aromatic rings. The summed E-state index contributed by atoms with van der Waals surface area (Å²) in [5.41, 5.74) is 2.28. The van der Waals surface area contributed by atoms with E-state index in [1.807, 2.05) is 12.1 Å². The average molecular weight is 290 g/mol. The zero-order chi connectivity index (χ0) is 14.4. The van der Waals surface area contributed by atoms with E-state index in [0.29, 0.717) is 0 Å². The van der Waals surface area contributed by atoms with Crippen molar-refractivity contribution in [3.63, 3.8) is 0 Å². The highest BCUT2D eigenvalue weighted by Gasteiger charge is 2.09. The molecule has 2 rings (SSSR count). The van der Waals surface area contributed by atoms with Gasteiger partial charge in [-0.25, -0.2) is 4.98 Å². The molecular formula is C16H22N2OS. The second-order valence-corrected chi connectivity index (χ2v) is 5.87. The van der Waals surface area contributed by atoms with Gasteiger partial charge in [-0.1, -0.05) is 13.3 Å². The fourth-order valence-electron chi connectivity index (χ4n) is 1.95. The minimum atomic E-state index is 0.878. The third-order valence-electron chi connectivity index (χ3n) is 3.22. The summed E-state index contributed by atoms with van der Waals surface area (Å²) in [4.78, 5) is 6.00. The summed E-state index contributed by atoms with van der Waals surface area (Å²) in [6.07, 6.45) is 2.45. The van der Waals surface area contributed by atoms with Crippen LogP contribution in [0.5, 0.6) is 5.75 Å². The molecule has 0 amide bonds. The molecule has 0 bridgehead atoms. The molecule has 0 atom stereocenters. The van der Waals surface area contributed by atoms with Crippen LogP contribution >= 0.6 is 11.3 Å². The zero-order valence-electron chi connectivity index (χ0n) is 12.4. The standard InChI is InChI=1S/C16H22N2OS/c1-4-5-10-17-11-15-12(2)18-16(20-15)13-6-8-14(19-3)9-7-13/h6-9,17H,4-5,10-11H2,1-3H3. The maximum Gasteiger partial charge on any atom is 0.123 e. The number of thiazole rings is 1. The normalized spacial score (nSPS) is 10.8. The molecular weight excluding hydrogens is 268 g/mol. The van der Waals surface area contributed by atoms with Crippen LogP contribution in [0.3, 0.4) is 0 Å². The molecule has 1 aromatic heterocycles. The number of benzene rings is 1. The van der Waals surface area contributed by atoms with Crippen molar-refractivity contribution in [2.24, 2.45) is 0 Å². The molecule has 0 unspecified atom stereocenters. The predicted molar refractivity (Wildman–Crippen MR) is 85.5 cm³/mol. The molecule has 0 aliphatic rings. The summed E-state index contributed by atoms with van der Waals surface area (Å²) in [6.45, 7) is 6.28. The fraction of sp³-hybridized carbons (Fsp3) is 0.438. The second kappa shape index (κ2) is 7.41. The van der Waals surface area contributed by atoms with Gasteiger partial charge < -0.3 is 10.1 Å². The van der Waals surface area contributed by atoms with Crippen molar-refractivity contribution in [1.29, 1.82) is 0 Å². The lowest BCUT2D eigenvalue weighted by Gasteiger charge is -2.01. The molecule has 108 valence electrons. The zero-order valence-corrected chi connectivity index (χ0v) is 13.2. The summed E-state index contributed by atoms with van der Waals surface area (Å²) < 4.78 is 5.18. The minimum absolute atomic E-state index is 0.878. The van der Waals surface area contributed by atoms with Gasteiger partial charge in [-0.3, -0.25) is 0 Å². The van der Waals surface area contributed by atoms with E-state index in [1.165, 1.54) is 17.7 Å². The van der Waals surface area contributed by atoms with Crippen LogP contribution in [0.2, 0.25) is 0 Å². The first-order valence-electron chi connectivity index (χ1n) is 7.06. The van der Waals surface area contributed by atoms with Crippen molar-refractivity contribution in [3.05, 3.63) is 34.8 Å². The maximum absolute atomic E-state index is 5.18. The Labute approximate surface area is 125 Å². The monoisotopic (exact) mass is 290 g/mol. The first kappa shape index (κ1) is 15.0. The molecule has 20 heavy (non-hydrogen) atoms. The van der Waals surface area contributed by atoms with Gasteiger partial charge in [0.05, 0.1) is 12.8 Å².